The van der Waals surface area contributed by atoms with E-state index >= 15 is 0 Å². The van der Waals surface area contributed by atoms with E-state index in [4.69, 9.17) is 25.8 Å². The van der Waals surface area contributed by atoms with Gasteiger partial charge in [-0.05, 0) is 36.6 Å². The molecule has 1 saturated heterocycles. The van der Waals surface area contributed by atoms with E-state index < -0.39 is 5.92 Å². The zero-order valence-electron chi connectivity index (χ0n) is 17.8. The van der Waals surface area contributed by atoms with Gasteiger partial charge in [0.15, 0.2) is 11.5 Å². The van der Waals surface area contributed by atoms with Crippen LogP contribution in [0.25, 0.3) is 0 Å². The summed E-state index contributed by atoms with van der Waals surface area (Å²) in [6.07, 6.45) is 1.92. The lowest BCUT2D eigenvalue weighted by Crippen LogP contribution is -2.40. The highest BCUT2D eigenvalue weighted by Crippen LogP contribution is 2.42. The van der Waals surface area contributed by atoms with Crippen molar-refractivity contribution in [3.05, 3.63) is 40.9 Å². The van der Waals surface area contributed by atoms with E-state index in [1.807, 2.05) is 12.1 Å². The summed E-state index contributed by atoms with van der Waals surface area (Å²) in [5.41, 5.74) is 2.57. The third-order valence-corrected chi connectivity index (χ3v) is 6.10. The minimum atomic E-state index is -0.423. The second-order valence-corrected chi connectivity index (χ2v) is 8.09. The Morgan fingerprint density at radius 1 is 1.06 bits per heavy atom. The minimum Gasteiger partial charge on any atom is -0.493 e. The number of amides is 2. The average Bonchev–Trinajstić information content (AvgIpc) is 3.18. The van der Waals surface area contributed by atoms with Crippen LogP contribution in [0.1, 0.15) is 18.4 Å². The maximum Gasteiger partial charge on any atom is 0.232 e. The number of ether oxygens (including phenoxy) is 3. The quantitative estimate of drug-likeness (QED) is 0.703. The van der Waals surface area contributed by atoms with Crippen molar-refractivity contribution in [1.82, 2.24) is 0 Å². The van der Waals surface area contributed by atoms with Crippen LogP contribution in [-0.4, -0.2) is 46.2 Å². The molecule has 1 unspecified atom stereocenters. The van der Waals surface area contributed by atoms with Gasteiger partial charge in [0.05, 0.1) is 32.9 Å². The first-order valence-electron chi connectivity index (χ1n) is 10.2. The van der Waals surface area contributed by atoms with Crippen LogP contribution in [0.2, 0.25) is 5.02 Å². The van der Waals surface area contributed by atoms with E-state index in [0.29, 0.717) is 41.0 Å². The van der Waals surface area contributed by atoms with Crippen LogP contribution in [0.5, 0.6) is 17.2 Å². The normalized spacial score (nSPS) is 18.1. The largest absolute Gasteiger partial charge is 0.493 e. The van der Waals surface area contributed by atoms with Gasteiger partial charge in [-0.15, -0.1) is 0 Å². The number of fused-ring (bicyclic) bond motifs is 1. The number of hydrogen-bond acceptors (Lipinski definition) is 5. The van der Waals surface area contributed by atoms with Crippen molar-refractivity contribution in [1.29, 1.82) is 0 Å². The molecule has 164 valence electrons. The molecule has 0 N–H and O–H groups in total. The molecule has 0 aromatic heterocycles. The molecule has 2 heterocycles. The molecule has 7 nitrogen and oxygen atoms in total. The predicted molar refractivity (Wildman–Crippen MR) is 119 cm³/mol. The van der Waals surface area contributed by atoms with Crippen LogP contribution in [0.15, 0.2) is 30.3 Å². The first-order chi connectivity index (χ1) is 15.0. The maximum absolute atomic E-state index is 13.4. The molecular weight excluding hydrogens is 420 g/mol. The first kappa shape index (κ1) is 21.3. The van der Waals surface area contributed by atoms with Crippen molar-refractivity contribution in [3.63, 3.8) is 0 Å². The number of nitrogens with zero attached hydrogens (tertiary/aromatic N) is 2. The van der Waals surface area contributed by atoms with Crippen molar-refractivity contribution in [2.45, 2.75) is 19.3 Å². The number of methoxy groups -OCH3 is 3. The summed E-state index contributed by atoms with van der Waals surface area (Å²) in [6, 6.07) is 9.06. The highest BCUT2D eigenvalue weighted by Gasteiger charge is 2.39. The topological polar surface area (TPSA) is 68.3 Å². The van der Waals surface area contributed by atoms with Crippen LogP contribution in [-0.2, 0) is 16.0 Å². The lowest BCUT2D eigenvalue weighted by Gasteiger charge is -2.31. The third-order valence-electron chi connectivity index (χ3n) is 5.86. The van der Waals surface area contributed by atoms with Gasteiger partial charge in [-0.1, -0.05) is 11.6 Å². The van der Waals surface area contributed by atoms with Crippen molar-refractivity contribution in [2.75, 3.05) is 44.2 Å². The molecule has 0 aliphatic carbocycles. The van der Waals surface area contributed by atoms with Gasteiger partial charge in [0.2, 0.25) is 17.6 Å². The molecule has 2 aromatic carbocycles. The van der Waals surface area contributed by atoms with E-state index in [1.54, 1.807) is 28.0 Å². The van der Waals surface area contributed by atoms with E-state index in [1.165, 1.54) is 21.3 Å². The van der Waals surface area contributed by atoms with Crippen molar-refractivity contribution in [3.8, 4) is 17.2 Å². The Morgan fingerprint density at radius 3 is 2.42 bits per heavy atom. The van der Waals surface area contributed by atoms with E-state index in [-0.39, 0.29) is 18.2 Å². The lowest BCUT2D eigenvalue weighted by atomic mass is 9.99. The van der Waals surface area contributed by atoms with Gasteiger partial charge in [0, 0.05) is 42.4 Å². The molecule has 0 radical (unpaired) electrons. The zero-order chi connectivity index (χ0) is 22.1. The Labute approximate surface area is 186 Å². The molecular formula is C23H25ClN2O5. The molecule has 2 aromatic rings. The van der Waals surface area contributed by atoms with Crippen LogP contribution in [0.4, 0.5) is 11.4 Å². The Balaban J connectivity index is 1.59. The summed E-state index contributed by atoms with van der Waals surface area (Å²) in [5, 5.41) is 0.665. The monoisotopic (exact) mass is 444 g/mol. The van der Waals surface area contributed by atoms with Crippen LogP contribution >= 0.6 is 11.6 Å². The molecule has 0 saturated carbocycles. The number of aryl methyl sites for hydroxylation is 1. The fourth-order valence-corrected chi connectivity index (χ4v) is 4.56. The molecule has 8 heteroatoms. The second kappa shape index (κ2) is 8.67. The molecule has 0 spiro atoms. The van der Waals surface area contributed by atoms with Gasteiger partial charge in [0.1, 0.15) is 0 Å². The van der Waals surface area contributed by atoms with Crippen molar-refractivity contribution in [2.24, 2.45) is 5.92 Å². The summed E-state index contributed by atoms with van der Waals surface area (Å²) in [4.78, 5) is 29.6. The standard InChI is InChI=1S/C23H25ClN2O5/c1-29-19-11-17(12-20(30-2)22(19)31-3)26-13-15(10-21(26)27)23(28)25-8-4-5-14-9-16(24)6-7-18(14)25/h6-7,9,11-12,15H,4-5,8,10,13H2,1-3H3. The lowest BCUT2D eigenvalue weighted by molar-refractivity contribution is -0.124. The molecule has 1 fully saturated rings. The van der Waals surface area contributed by atoms with Crippen LogP contribution in [0.3, 0.4) is 0 Å². The molecule has 31 heavy (non-hydrogen) atoms. The van der Waals surface area contributed by atoms with E-state index in [0.717, 1.165) is 24.1 Å². The summed E-state index contributed by atoms with van der Waals surface area (Å²) in [6.45, 7) is 0.943. The molecule has 2 amide bonds. The van der Waals surface area contributed by atoms with Crippen LogP contribution < -0.4 is 24.0 Å². The molecule has 1 atom stereocenters. The Hall–Kier alpha value is -2.93. The molecule has 4 rings (SSSR count). The summed E-state index contributed by atoms with van der Waals surface area (Å²) < 4.78 is 16.2. The number of carbonyl (C=O) groups is 2. The number of benzene rings is 2. The fraction of sp³-hybridized carbons (Fsp3) is 0.391. The SMILES string of the molecule is COc1cc(N2CC(C(=O)N3CCCc4cc(Cl)ccc43)CC2=O)cc(OC)c1OC. The molecule has 0 bridgehead atoms. The zero-order valence-corrected chi connectivity index (χ0v) is 18.6. The number of carbonyl (C=O) groups excluding carboxylic acids is 2. The Morgan fingerprint density at radius 2 is 1.77 bits per heavy atom. The van der Waals surface area contributed by atoms with Gasteiger partial charge in [-0.2, -0.15) is 0 Å². The number of rotatable bonds is 5. The van der Waals surface area contributed by atoms with Gasteiger partial charge >= 0.3 is 0 Å². The van der Waals surface area contributed by atoms with E-state index in [2.05, 4.69) is 0 Å². The van der Waals surface area contributed by atoms with Crippen molar-refractivity contribution < 1.29 is 23.8 Å². The first-order valence-corrected chi connectivity index (χ1v) is 10.5. The van der Waals surface area contributed by atoms with Gasteiger partial charge in [0.25, 0.3) is 0 Å². The van der Waals surface area contributed by atoms with Crippen LogP contribution in [0, 0.1) is 5.92 Å². The Kier molecular flexibility index (Phi) is 5.96. The second-order valence-electron chi connectivity index (χ2n) is 7.66. The predicted octanol–water partition coefficient (Wildman–Crippen LogP) is 3.70. The number of anilines is 2. The van der Waals surface area contributed by atoms with E-state index in [9.17, 15) is 9.59 Å². The Bertz CT molecular complexity index is 1000. The average molecular weight is 445 g/mol. The number of halogens is 1. The van der Waals surface area contributed by atoms with Gasteiger partial charge in [-0.3, -0.25) is 9.59 Å². The summed E-state index contributed by atoms with van der Waals surface area (Å²) >= 11 is 6.12. The highest BCUT2D eigenvalue weighted by molar-refractivity contribution is 6.30. The summed E-state index contributed by atoms with van der Waals surface area (Å²) in [7, 11) is 4.58. The highest BCUT2D eigenvalue weighted by atomic mass is 35.5. The molecule has 2 aliphatic rings. The number of hydrogen-bond donors (Lipinski definition) is 0. The van der Waals surface area contributed by atoms with Crippen molar-refractivity contribution >= 4 is 34.8 Å². The third kappa shape index (κ3) is 3.90. The molecule has 2 aliphatic heterocycles. The maximum atomic E-state index is 13.4. The fourth-order valence-electron chi connectivity index (χ4n) is 4.36. The van der Waals surface area contributed by atoms with Gasteiger partial charge < -0.3 is 24.0 Å². The smallest absolute Gasteiger partial charge is 0.232 e. The van der Waals surface area contributed by atoms with Gasteiger partial charge in [-0.25, -0.2) is 0 Å². The summed E-state index contributed by atoms with van der Waals surface area (Å²) in [5.74, 6) is 0.805. The minimum absolute atomic E-state index is 0.0356.